The number of aliphatic hydroxyl groups excluding tert-OH is 1. The first-order valence-electron chi connectivity index (χ1n) is 6.09. The summed E-state index contributed by atoms with van der Waals surface area (Å²) in [4.78, 5) is 22.8. The highest BCUT2D eigenvalue weighted by Gasteiger charge is 2.10. The fraction of sp³-hybridized carbons (Fsp3) is 0.429. The summed E-state index contributed by atoms with van der Waals surface area (Å²) in [5.41, 5.74) is 0.411. The Balaban J connectivity index is 5.00. The number of rotatable bonds is 8. The van der Waals surface area contributed by atoms with E-state index in [0.717, 1.165) is 0 Å². The lowest BCUT2D eigenvalue weighted by Gasteiger charge is -2.10. The third-order valence-corrected chi connectivity index (χ3v) is 2.18. The molecule has 0 aliphatic heterocycles. The van der Waals surface area contributed by atoms with E-state index in [0.29, 0.717) is 12.1 Å². The quantitative estimate of drug-likeness (QED) is 0.306. The Labute approximate surface area is 118 Å². The van der Waals surface area contributed by atoms with Gasteiger partial charge in [-0.1, -0.05) is 13.5 Å². The molecule has 0 saturated heterocycles. The predicted octanol–water partition coefficient (Wildman–Crippen LogP) is 1.60. The molecular formula is C14H21NO5. The second-order valence-corrected chi connectivity index (χ2v) is 3.95. The van der Waals surface area contributed by atoms with Gasteiger partial charge in [-0.05, 0) is 18.6 Å². The molecule has 1 amide bonds. The standard InChI is InChI=1S/C14H21NO5/c1-5-6-12(16)8-11(15-13(17)9-19-3)7-10(2)14(18)20-4/h6-7,16H,2,5,8-9H2,1,3-4H3,(H,15,17)/b11-7+,12-6+. The Morgan fingerprint density at radius 3 is 2.50 bits per heavy atom. The van der Waals surface area contributed by atoms with Crippen LogP contribution in [0.2, 0.25) is 0 Å². The van der Waals surface area contributed by atoms with Crippen molar-refractivity contribution in [2.45, 2.75) is 19.8 Å². The largest absolute Gasteiger partial charge is 0.512 e. The molecule has 0 unspecified atom stereocenters. The molecule has 0 fully saturated rings. The predicted molar refractivity (Wildman–Crippen MR) is 74.9 cm³/mol. The van der Waals surface area contributed by atoms with Gasteiger partial charge in [0.05, 0.1) is 18.4 Å². The topological polar surface area (TPSA) is 84.9 Å². The molecule has 6 nitrogen and oxygen atoms in total. The van der Waals surface area contributed by atoms with E-state index in [-0.39, 0.29) is 30.3 Å². The van der Waals surface area contributed by atoms with Crippen LogP contribution in [-0.4, -0.2) is 37.8 Å². The first kappa shape index (κ1) is 17.9. The van der Waals surface area contributed by atoms with Gasteiger partial charge in [-0.3, -0.25) is 4.79 Å². The van der Waals surface area contributed by atoms with E-state index in [1.807, 2.05) is 6.92 Å². The number of aliphatic hydroxyl groups is 1. The number of allylic oxidation sites excluding steroid dienone is 1. The molecule has 6 heteroatoms. The molecule has 0 aliphatic carbocycles. The van der Waals surface area contributed by atoms with Gasteiger partial charge in [0.25, 0.3) is 0 Å². The Morgan fingerprint density at radius 2 is 2.00 bits per heavy atom. The third kappa shape index (κ3) is 7.38. The molecule has 20 heavy (non-hydrogen) atoms. The second-order valence-electron chi connectivity index (χ2n) is 3.95. The van der Waals surface area contributed by atoms with Crippen LogP contribution in [0, 0.1) is 0 Å². The Hall–Kier alpha value is -2.08. The van der Waals surface area contributed by atoms with Crippen molar-refractivity contribution < 1.29 is 24.2 Å². The minimum atomic E-state index is -0.609. The molecule has 0 saturated carbocycles. The van der Waals surface area contributed by atoms with Gasteiger partial charge in [0, 0.05) is 19.2 Å². The highest BCUT2D eigenvalue weighted by molar-refractivity contribution is 5.91. The van der Waals surface area contributed by atoms with E-state index in [9.17, 15) is 14.7 Å². The minimum Gasteiger partial charge on any atom is -0.512 e. The number of carbonyl (C=O) groups excluding carboxylic acids is 2. The van der Waals surface area contributed by atoms with Crippen LogP contribution in [0.25, 0.3) is 0 Å². The molecule has 0 atom stereocenters. The van der Waals surface area contributed by atoms with Crippen LogP contribution in [0.1, 0.15) is 19.8 Å². The van der Waals surface area contributed by atoms with Crippen LogP contribution < -0.4 is 5.32 Å². The molecule has 0 aromatic carbocycles. The van der Waals surface area contributed by atoms with Gasteiger partial charge < -0.3 is 19.9 Å². The lowest BCUT2D eigenvalue weighted by Crippen LogP contribution is -2.27. The van der Waals surface area contributed by atoms with Crippen LogP contribution in [0.4, 0.5) is 0 Å². The fourth-order valence-electron chi connectivity index (χ4n) is 1.38. The Kier molecular flexibility index (Phi) is 8.78. The smallest absolute Gasteiger partial charge is 0.337 e. The van der Waals surface area contributed by atoms with E-state index in [4.69, 9.17) is 4.74 Å². The maximum absolute atomic E-state index is 11.5. The number of nitrogens with one attached hydrogen (secondary N) is 1. The summed E-state index contributed by atoms with van der Waals surface area (Å²) >= 11 is 0. The number of carbonyl (C=O) groups is 2. The zero-order valence-electron chi connectivity index (χ0n) is 12.1. The number of esters is 1. The first-order chi connectivity index (χ1) is 9.44. The SMILES string of the molecule is C=C(/C=C(\C/C(O)=C\CC)NC(=O)COC)C(=O)OC. The highest BCUT2D eigenvalue weighted by Crippen LogP contribution is 2.10. The molecule has 0 radical (unpaired) electrons. The van der Waals surface area contributed by atoms with E-state index in [1.54, 1.807) is 6.08 Å². The summed E-state index contributed by atoms with van der Waals surface area (Å²) in [6, 6.07) is 0. The molecule has 112 valence electrons. The van der Waals surface area contributed by atoms with E-state index < -0.39 is 5.97 Å². The number of amides is 1. The van der Waals surface area contributed by atoms with Crippen molar-refractivity contribution in [1.82, 2.24) is 5.32 Å². The fourth-order valence-corrected chi connectivity index (χ4v) is 1.38. The molecule has 0 spiro atoms. The maximum atomic E-state index is 11.5. The number of hydrogen-bond acceptors (Lipinski definition) is 5. The van der Waals surface area contributed by atoms with E-state index in [1.165, 1.54) is 20.3 Å². The Morgan fingerprint density at radius 1 is 1.35 bits per heavy atom. The average molecular weight is 283 g/mol. The minimum absolute atomic E-state index is 0.0736. The van der Waals surface area contributed by atoms with Gasteiger partial charge in [-0.15, -0.1) is 0 Å². The lowest BCUT2D eigenvalue weighted by molar-refractivity contribution is -0.135. The summed E-state index contributed by atoms with van der Waals surface area (Å²) in [6.07, 6.45) is 3.71. The van der Waals surface area contributed by atoms with Crippen molar-refractivity contribution in [2.75, 3.05) is 20.8 Å². The van der Waals surface area contributed by atoms with Crippen molar-refractivity contribution in [3.63, 3.8) is 0 Å². The summed E-state index contributed by atoms with van der Waals surface area (Å²) in [6.45, 7) is 5.28. The van der Waals surface area contributed by atoms with Gasteiger partial charge in [0.15, 0.2) is 0 Å². The normalized spacial score (nSPS) is 11.9. The second kappa shape index (κ2) is 9.80. The van der Waals surface area contributed by atoms with Crippen LogP contribution in [0.3, 0.4) is 0 Å². The van der Waals surface area contributed by atoms with Crippen molar-refractivity contribution >= 4 is 11.9 Å². The zero-order valence-corrected chi connectivity index (χ0v) is 12.1. The van der Waals surface area contributed by atoms with Gasteiger partial charge in [0.2, 0.25) is 5.91 Å². The van der Waals surface area contributed by atoms with E-state index in [2.05, 4.69) is 16.6 Å². The highest BCUT2D eigenvalue weighted by atomic mass is 16.5. The average Bonchev–Trinajstić information content (AvgIpc) is 2.37. The van der Waals surface area contributed by atoms with Crippen molar-refractivity contribution in [3.05, 3.63) is 35.8 Å². The van der Waals surface area contributed by atoms with E-state index >= 15 is 0 Å². The summed E-state index contributed by atoms with van der Waals surface area (Å²) in [7, 11) is 2.63. The summed E-state index contributed by atoms with van der Waals surface area (Å²) in [5, 5.41) is 12.2. The number of methoxy groups -OCH3 is 2. The third-order valence-electron chi connectivity index (χ3n) is 2.18. The molecule has 0 heterocycles. The van der Waals surface area contributed by atoms with Crippen LogP contribution in [-0.2, 0) is 19.1 Å². The lowest BCUT2D eigenvalue weighted by atomic mass is 10.1. The summed E-state index contributed by atoms with van der Waals surface area (Å²) < 4.78 is 9.22. The number of ether oxygens (including phenoxy) is 2. The molecule has 0 aromatic rings. The molecule has 0 aliphatic rings. The zero-order chi connectivity index (χ0) is 15.5. The summed E-state index contributed by atoms with van der Waals surface area (Å²) in [5.74, 6) is -0.905. The maximum Gasteiger partial charge on any atom is 0.337 e. The monoisotopic (exact) mass is 283 g/mol. The molecule has 2 N–H and O–H groups in total. The van der Waals surface area contributed by atoms with Gasteiger partial charge in [-0.25, -0.2) is 4.79 Å². The first-order valence-corrected chi connectivity index (χ1v) is 6.09. The van der Waals surface area contributed by atoms with Gasteiger partial charge >= 0.3 is 5.97 Å². The van der Waals surface area contributed by atoms with Gasteiger partial charge in [0.1, 0.15) is 6.61 Å². The molecule has 0 bridgehead atoms. The van der Waals surface area contributed by atoms with Crippen LogP contribution in [0.5, 0.6) is 0 Å². The molecule has 0 rings (SSSR count). The Bertz CT molecular complexity index is 423. The number of hydrogen-bond donors (Lipinski definition) is 2. The molecular weight excluding hydrogens is 262 g/mol. The van der Waals surface area contributed by atoms with Crippen molar-refractivity contribution in [3.8, 4) is 0 Å². The van der Waals surface area contributed by atoms with Crippen LogP contribution in [0.15, 0.2) is 35.8 Å². The van der Waals surface area contributed by atoms with Crippen LogP contribution >= 0.6 is 0 Å². The van der Waals surface area contributed by atoms with Crippen molar-refractivity contribution in [2.24, 2.45) is 0 Å². The molecule has 0 aromatic heterocycles. The van der Waals surface area contributed by atoms with Crippen molar-refractivity contribution in [1.29, 1.82) is 0 Å². The van der Waals surface area contributed by atoms with Gasteiger partial charge in [-0.2, -0.15) is 0 Å².